The van der Waals surface area contributed by atoms with Crippen molar-refractivity contribution in [2.24, 2.45) is 0 Å². The Labute approximate surface area is 139 Å². The Bertz CT molecular complexity index is 702. The average Bonchev–Trinajstić information content (AvgIpc) is 2.42. The number of halogens is 2. The summed E-state index contributed by atoms with van der Waals surface area (Å²) in [6.45, 7) is 3.63. The van der Waals surface area contributed by atoms with Gasteiger partial charge in [-0.2, -0.15) is 0 Å². The van der Waals surface area contributed by atoms with Gasteiger partial charge in [-0.3, -0.25) is 10.1 Å². The molecular formula is C15H13Br2NO3. The van der Waals surface area contributed by atoms with Crippen molar-refractivity contribution in [2.75, 3.05) is 0 Å². The summed E-state index contributed by atoms with van der Waals surface area (Å²) in [6, 6.07) is 9.00. The van der Waals surface area contributed by atoms with Gasteiger partial charge in [-0.15, -0.1) is 0 Å². The topological polar surface area (TPSA) is 52.4 Å². The van der Waals surface area contributed by atoms with Crippen LogP contribution in [0.15, 0.2) is 34.8 Å². The van der Waals surface area contributed by atoms with E-state index in [2.05, 4.69) is 31.9 Å². The monoisotopic (exact) mass is 413 g/mol. The number of rotatable bonds is 4. The molecule has 0 N–H and O–H groups in total. The van der Waals surface area contributed by atoms with E-state index in [1.165, 1.54) is 6.07 Å². The number of hydrogen-bond acceptors (Lipinski definition) is 3. The van der Waals surface area contributed by atoms with Crippen LogP contribution in [0.25, 0.3) is 0 Å². The van der Waals surface area contributed by atoms with E-state index < -0.39 is 4.92 Å². The number of ether oxygens (including phenoxy) is 1. The predicted molar refractivity (Wildman–Crippen MR) is 89.4 cm³/mol. The Morgan fingerprint density at radius 1 is 1.24 bits per heavy atom. The smallest absolute Gasteiger partial charge is 0.312 e. The van der Waals surface area contributed by atoms with Gasteiger partial charge in [-0.1, -0.05) is 28.1 Å². The molecule has 110 valence electrons. The summed E-state index contributed by atoms with van der Waals surface area (Å²) in [5.41, 5.74) is 2.63. The number of benzene rings is 2. The molecule has 0 heterocycles. The fraction of sp³-hybridized carbons (Fsp3) is 0.200. The third kappa shape index (κ3) is 3.63. The van der Waals surface area contributed by atoms with Crippen LogP contribution in [0.5, 0.6) is 11.5 Å². The molecule has 0 aliphatic heterocycles. The van der Waals surface area contributed by atoms with Gasteiger partial charge in [-0.05, 0) is 58.6 Å². The van der Waals surface area contributed by atoms with Crippen LogP contribution in [0.4, 0.5) is 5.69 Å². The van der Waals surface area contributed by atoms with Crippen LogP contribution >= 0.6 is 31.9 Å². The minimum atomic E-state index is -0.421. The van der Waals surface area contributed by atoms with Gasteiger partial charge in [0.25, 0.3) is 0 Å². The normalized spacial score (nSPS) is 10.5. The summed E-state index contributed by atoms with van der Waals surface area (Å²) in [4.78, 5) is 10.8. The number of nitro groups is 1. The van der Waals surface area contributed by atoms with E-state index in [1.54, 1.807) is 13.0 Å². The molecule has 21 heavy (non-hydrogen) atoms. The van der Waals surface area contributed by atoms with Gasteiger partial charge >= 0.3 is 5.69 Å². The fourth-order valence-corrected chi connectivity index (χ4v) is 2.88. The molecule has 0 amide bonds. The van der Waals surface area contributed by atoms with Crippen LogP contribution in [0.1, 0.15) is 16.7 Å². The average molecular weight is 415 g/mol. The first-order valence-corrected chi connectivity index (χ1v) is 8.11. The zero-order valence-corrected chi connectivity index (χ0v) is 14.7. The Balaban J connectivity index is 2.46. The lowest BCUT2D eigenvalue weighted by molar-refractivity contribution is -0.385. The van der Waals surface area contributed by atoms with E-state index >= 15 is 0 Å². The maximum atomic E-state index is 11.2. The van der Waals surface area contributed by atoms with Crippen molar-refractivity contribution in [3.63, 3.8) is 0 Å². The summed E-state index contributed by atoms with van der Waals surface area (Å²) in [6.07, 6.45) is 0. The summed E-state index contributed by atoms with van der Waals surface area (Å²) >= 11 is 6.81. The van der Waals surface area contributed by atoms with Gasteiger partial charge in [0, 0.05) is 11.4 Å². The first-order chi connectivity index (χ1) is 9.92. The molecule has 6 heteroatoms. The Hall–Kier alpha value is -1.40. The molecular weight excluding hydrogens is 402 g/mol. The van der Waals surface area contributed by atoms with Crippen LogP contribution in [-0.4, -0.2) is 4.92 Å². The lowest BCUT2D eigenvalue weighted by Crippen LogP contribution is -1.97. The number of alkyl halides is 1. The molecule has 0 radical (unpaired) electrons. The van der Waals surface area contributed by atoms with E-state index in [4.69, 9.17) is 4.74 Å². The summed E-state index contributed by atoms with van der Waals surface area (Å²) in [5.74, 6) is 0.827. The van der Waals surface area contributed by atoms with Crippen LogP contribution in [0.3, 0.4) is 0 Å². The molecule has 0 saturated carbocycles. The van der Waals surface area contributed by atoms with Crippen molar-refractivity contribution in [1.82, 2.24) is 0 Å². The van der Waals surface area contributed by atoms with E-state index in [1.807, 2.05) is 25.1 Å². The Morgan fingerprint density at radius 3 is 2.52 bits per heavy atom. The molecule has 2 aromatic rings. The number of hydrogen-bond donors (Lipinski definition) is 0. The highest BCUT2D eigenvalue weighted by atomic mass is 79.9. The minimum absolute atomic E-state index is 0.0241. The number of nitrogens with zero attached hydrogens (tertiary/aromatic N) is 1. The number of nitro benzene ring substituents is 1. The van der Waals surface area contributed by atoms with Gasteiger partial charge in [0.1, 0.15) is 5.75 Å². The van der Waals surface area contributed by atoms with Gasteiger partial charge in [0.2, 0.25) is 5.75 Å². The predicted octanol–water partition coefficient (Wildman–Crippen LogP) is 5.66. The van der Waals surface area contributed by atoms with Gasteiger partial charge < -0.3 is 4.74 Å². The third-order valence-electron chi connectivity index (χ3n) is 2.96. The van der Waals surface area contributed by atoms with E-state index in [-0.39, 0.29) is 11.4 Å². The molecule has 2 rings (SSSR count). The second-order valence-corrected chi connectivity index (χ2v) is 6.10. The quantitative estimate of drug-likeness (QED) is 0.368. The van der Waals surface area contributed by atoms with Crippen molar-refractivity contribution in [1.29, 1.82) is 0 Å². The summed E-state index contributed by atoms with van der Waals surface area (Å²) in [7, 11) is 0. The van der Waals surface area contributed by atoms with Gasteiger partial charge in [0.15, 0.2) is 0 Å². The molecule has 4 nitrogen and oxygen atoms in total. The molecule has 0 fully saturated rings. The molecule has 0 atom stereocenters. The van der Waals surface area contributed by atoms with Crippen molar-refractivity contribution in [3.05, 3.63) is 61.6 Å². The minimum Gasteiger partial charge on any atom is -0.449 e. The zero-order valence-electron chi connectivity index (χ0n) is 11.5. The SMILES string of the molecule is Cc1cc(C)c(Oc2ccc(CBr)cc2Br)c([N+](=O)[O-])c1. The van der Waals surface area contributed by atoms with Crippen molar-refractivity contribution < 1.29 is 9.66 Å². The standard InChI is InChI=1S/C15H13Br2NO3/c1-9-5-10(2)15(13(6-9)18(19)20)21-14-4-3-11(8-16)7-12(14)17/h3-7H,8H2,1-2H3. The third-order valence-corrected chi connectivity index (χ3v) is 4.23. The fourth-order valence-electron chi connectivity index (χ4n) is 2.02. The molecule has 0 bridgehead atoms. The van der Waals surface area contributed by atoms with Crippen LogP contribution in [0, 0.1) is 24.0 Å². The van der Waals surface area contributed by atoms with Crippen molar-refractivity contribution >= 4 is 37.5 Å². The lowest BCUT2D eigenvalue weighted by atomic mass is 10.1. The van der Waals surface area contributed by atoms with E-state index in [0.717, 1.165) is 26.5 Å². The first kappa shape index (κ1) is 16.0. The Morgan fingerprint density at radius 2 is 1.95 bits per heavy atom. The van der Waals surface area contributed by atoms with E-state index in [0.29, 0.717) is 5.75 Å². The second-order valence-electron chi connectivity index (χ2n) is 4.69. The highest BCUT2D eigenvalue weighted by molar-refractivity contribution is 9.10. The molecule has 0 aromatic heterocycles. The highest BCUT2D eigenvalue weighted by Crippen LogP contribution is 2.38. The summed E-state index contributed by atoms with van der Waals surface area (Å²) in [5, 5.41) is 11.9. The van der Waals surface area contributed by atoms with Gasteiger partial charge in [0.05, 0.1) is 9.40 Å². The van der Waals surface area contributed by atoms with Crippen molar-refractivity contribution in [3.8, 4) is 11.5 Å². The van der Waals surface area contributed by atoms with Crippen LogP contribution in [0.2, 0.25) is 0 Å². The summed E-state index contributed by atoms with van der Waals surface area (Å²) < 4.78 is 6.54. The maximum Gasteiger partial charge on any atom is 0.312 e. The largest absolute Gasteiger partial charge is 0.449 e. The molecule has 0 saturated heterocycles. The lowest BCUT2D eigenvalue weighted by Gasteiger charge is -2.12. The molecule has 0 unspecified atom stereocenters. The zero-order chi connectivity index (χ0) is 15.6. The second kappa shape index (κ2) is 6.58. The highest BCUT2D eigenvalue weighted by Gasteiger charge is 2.20. The molecule has 0 aliphatic carbocycles. The first-order valence-electron chi connectivity index (χ1n) is 6.20. The molecule has 0 aliphatic rings. The Kier molecular flexibility index (Phi) is 5.00. The van der Waals surface area contributed by atoms with Crippen LogP contribution in [-0.2, 0) is 5.33 Å². The van der Waals surface area contributed by atoms with Gasteiger partial charge in [-0.25, -0.2) is 0 Å². The number of aryl methyl sites for hydroxylation is 2. The van der Waals surface area contributed by atoms with E-state index in [9.17, 15) is 10.1 Å². The maximum absolute atomic E-state index is 11.2. The van der Waals surface area contributed by atoms with Crippen molar-refractivity contribution in [2.45, 2.75) is 19.2 Å². The molecule has 0 spiro atoms. The van der Waals surface area contributed by atoms with Crippen LogP contribution < -0.4 is 4.74 Å². The molecule has 2 aromatic carbocycles.